The summed E-state index contributed by atoms with van der Waals surface area (Å²) >= 11 is 0. The molecule has 0 aliphatic rings. The van der Waals surface area contributed by atoms with Gasteiger partial charge in [0.1, 0.15) is 19.8 Å². The second-order valence-electron chi connectivity index (χ2n) is 17.8. The molecule has 2 unspecified atom stereocenters. The Balaban J connectivity index is 4.39. The molecule has 0 aromatic rings. The number of carbonyl (C=O) groups excluding carboxylic acids is 2. The van der Waals surface area contributed by atoms with Crippen LogP contribution in [0.25, 0.3) is 0 Å². The lowest BCUT2D eigenvalue weighted by molar-refractivity contribution is -0.870. The van der Waals surface area contributed by atoms with Gasteiger partial charge in [-0.3, -0.25) is 18.6 Å². The van der Waals surface area contributed by atoms with Gasteiger partial charge in [0.25, 0.3) is 0 Å². The first-order valence-corrected chi connectivity index (χ1v) is 26.8. The van der Waals surface area contributed by atoms with E-state index in [-0.39, 0.29) is 32.0 Å². The molecule has 0 rings (SSSR count). The Labute approximate surface area is 392 Å². The summed E-state index contributed by atoms with van der Waals surface area (Å²) in [5, 5.41) is 0. The molecule has 2 atom stereocenters. The van der Waals surface area contributed by atoms with Crippen molar-refractivity contribution in [2.45, 2.75) is 200 Å². The number of hydrogen-bond donors (Lipinski definition) is 1. The third-order valence-corrected chi connectivity index (χ3v) is 11.4. The standard InChI is InChI=1S/C54H94NO8P/c1-6-8-10-12-14-16-18-20-22-24-25-26-27-28-29-31-33-35-37-39-41-43-45-47-54(57)63-52(51-62-64(58,59)61-49-48-55(3,4)5)50-60-53(56)46-44-42-40-38-36-34-32-30-23-21-19-17-15-13-11-9-7-2/h8,10,14,16,20,22,25-26,28-29,33,35,39,41,52H,6-7,9,11-13,15,17-19,21,23-24,27,30-32,34,36-38,40,42-51H2,1-5H3/p+1/b10-8-,16-14-,22-20-,26-25-,29-28-,35-33-,41-39-. The van der Waals surface area contributed by atoms with E-state index in [2.05, 4.69) is 92.8 Å². The normalized spacial score (nSPS) is 14.2. The van der Waals surface area contributed by atoms with E-state index in [1.807, 2.05) is 27.2 Å². The minimum absolute atomic E-state index is 0.0175. The van der Waals surface area contributed by atoms with Gasteiger partial charge in [-0.1, -0.05) is 202 Å². The van der Waals surface area contributed by atoms with Crippen molar-refractivity contribution in [1.29, 1.82) is 0 Å². The highest BCUT2D eigenvalue weighted by atomic mass is 31.2. The molecule has 0 fully saturated rings. The smallest absolute Gasteiger partial charge is 0.462 e. The molecule has 368 valence electrons. The van der Waals surface area contributed by atoms with Gasteiger partial charge < -0.3 is 18.9 Å². The molecule has 0 aliphatic heterocycles. The van der Waals surface area contributed by atoms with E-state index in [0.29, 0.717) is 23.9 Å². The largest absolute Gasteiger partial charge is 0.472 e. The molecular weight excluding hydrogens is 822 g/mol. The number of esters is 2. The molecule has 0 amide bonds. The van der Waals surface area contributed by atoms with Crippen LogP contribution >= 0.6 is 7.82 Å². The first kappa shape index (κ1) is 61.2. The minimum atomic E-state index is -4.40. The van der Waals surface area contributed by atoms with Crippen molar-refractivity contribution in [3.05, 3.63) is 85.1 Å². The van der Waals surface area contributed by atoms with Crippen LogP contribution in [0.15, 0.2) is 85.1 Å². The summed E-state index contributed by atoms with van der Waals surface area (Å²) < 4.78 is 34.4. The minimum Gasteiger partial charge on any atom is -0.462 e. The van der Waals surface area contributed by atoms with Crippen LogP contribution in [0, 0.1) is 0 Å². The highest BCUT2D eigenvalue weighted by Gasteiger charge is 2.27. The SMILES string of the molecule is CC/C=C\C/C=C\C/C=C\C/C=C\C/C=C\C/C=C\C/C=C\CCCC(=O)OC(COC(=O)CCCCCCCCCCCCCCCCCCC)COP(=O)(O)OCC[N+](C)(C)C. The Morgan fingerprint density at radius 3 is 1.31 bits per heavy atom. The summed E-state index contributed by atoms with van der Waals surface area (Å²) in [5.41, 5.74) is 0. The third-order valence-electron chi connectivity index (χ3n) is 10.4. The molecule has 64 heavy (non-hydrogen) atoms. The molecule has 0 aromatic carbocycles. The predicted molar refractivity (Wildman–Crippen MR) is 270 cm³/mol. The summed E-state index contributed by atoms with van der Waals surface area (Å²) in [4.78, 5) is 35.5. The fraction of sp³-hybridized carbons (Fsp3) is 0.704. The number of hydrogen-bond acceptors (Lipinski definition) is 7. The third kappa shape index (κ3) is 48.6. The summed E-state index contributed by atoms with van der Waals surface area (Å²) in [5.74, 6) is -0.868. The van der Waals surface area contributed by atoms with Gasteiger partial charge in [-0.2, -0.15) is 0 Å². The molecule has 0 saturated heterocycles. The zero-order valence-corrected chi connectivity index (χ0v) is 42.4. The van der Waals surface area contributed by atoms with Crippen molar-refractivity contribution in [3.63, 3.8) is 0 Å². The Kier molecular flexibility index (Phi) is 43.4. The molecule has 0 radical (unpaired) electrons. The maximum atomic E-state index is 12.7. The molecule has 9 nitrogen and oxygen atoms in total. The van der Waals surface area contributed by atoms with Gasteiger partial charge in [-0.25, -0.2) is 4.57 Å². The summed E-state index contributed by atoms with van der Waals surface area (Å²) in [6.07, 6.45) is 59.3. The quantitative estimate of drug-likeness (QED) is 0.0212. The van der Waals surface area contributed by atoms with Crippen molar-refractivity contribution in [2.75, 3.05) is 47.5 Å². The molecule has 0 saturated carbocycles. The van der Waals surface area contributed by atoms with Gasteiger partial charge >= 0.3 is 19.8 Å². The number of phosphoric ester groups is 1. The van der Waals surface area contributed by atoms with E-state index in [0.717, 1.165) is 64.2 Å². The lowest BCUT2D eigenvalue weighted by Crippen LogP contribution is -2.37. The topological polar surface area (TPSA) is 108 Å². The Bertz CT molecular complexity index is 1360. The number of likely N-dealkylation sites (N-methyl/N-ethyl adjacent to an activating group) is 1. The van der Waals surface area contributed by atoms with Gasteiger partial charge in [0.05, 0.1) is 27.7 Å². The first-order valence-electron chi connectivity index (χ1n) is 25.3. The summed E-state index contributed by atoms with van der Waals surface area (Å²) in [6, 6.07) is 0. The van der Waals surface area contributed by atoms with Crippen molar-refractivity contribution >= 4 is 19.8 Å². The summed E-state index contributed by atoms with van der Waals surface area (Å²) in [7, 11) is 1.43. The average molecular weight is 917 g/mol. The maximum absolute atomic E-state index is 12.7. The molecule has 0 aliphatic carbocycles. The number of unbranched alkanes of at least 4 members (excludes halogenated alkanes) is 17. The van der Waals surface area contributed by atoms with Gasteiger partial charge in [-0.15, -0.1) is 0 Å². The monoisotopic (exact) mass is 917 g/mol. The fourth-order valence-electron chi connectivity index (χ4n) is 6.53. The fourth-order valence-corrected chi connectivity index (χ4v) is 7.27. The number of carbonyl (C=O) groups is 2. The predicted octanol–water partition coefficient (Wildman–Crippen LogP) is 15.1. The summed E-state index contributed by atoms with van der Waals surface area (Å²) in [6.45, 7) is 4.25. The van der Waals surface area contributed by atoms with Crippen LogP contribution in [0.2, 0.25) is 0 Å². The lowest BCUT2D eigenvalue weighted by Gasteiger charge is -2.24. The van der Waals surface area contributed by atoms with Crippen molar-refractivity contribution in [1.82, 2.24) is 0 Å². The van der Waals surface area contributed by atoms with Crippen molar-refractivity contribution in [2.24, 2.45) is 0 Å². The van der Waals surface area contributed by atoms with Gasteiger partial charge in [0.15, 0.2) is 6.10 Å². The van der Waals surface area contributed by atoms with Crippen LogP contribution in [-0.2, 0) is 32.7 Å². The maximum Gasteiger partial charge on any atom is 0.472 e. The Morgan fingerprint density at radius 2 is 0.891 bits per heavy atom. The number of allylic oxidation sites excluding steroid dienone is 14. The van der Waals surface area contributed by atoms with Gasteiger partial charge in [0, 0.05) is 12.8 Å². The zero-order chi connectivity index (χ0) is 47.1. The van der Waals surface area contributed by atoms with Crippen LogP contribution in [0.3, 0.4) is 0 Å². The number of quaternary nitrogens is 1. The zero-order valence-electron chi connectivity index (χ0n) is 41.5. The van der Waals surface area contributed by atoms with E-state index >= 15 is 0 Å². The van der Waals surface area contributed by atoms with E-state index in [4.69, 9.17) is 18.5 Å². The van der Waals surface area contributed by atoms with Crippen molar-refractivity contribution in [3.8, 4) is 0 Å². The second-order valence-corrected chi connectivity index (χ2v) is 19.3. The molecule has 0 aromatic heterocycles. The molecule has 0 heterocycles. The van der Waals surface area contributed by atoms with E-state index < -0.39 is 26.5 Å². The van der Waals surface area contributed by atoms with E-state index in [9.17, 15) is 19.0 Å². The second kappa shape index (κ2) is 45.4. The van der Waals surface area contributed by atoms with E-state index in [1.165, 1.54) is 89.9 Å². The lowest BCUT2D eigenvalue weighted by atomic mass is 10.0. The molecule has 1 N–H and O–H groups in total. The van der Waals surface area contributed by atoms with E-state index in [1.54, 1.807) is 0 Å². The van der Waals surface area contributed by atoms with Crippen LogP contribution in [0.5, 0.6) is 0 Å². The number of phosphoric acid groups is 1. The highest BCUT2D eigenvalue weighted by Crippen LogP contribution is 2.43. The van der Waals surface area contributed by atoms with Gasteiger partial charge in [0.2, 0.25) is 0 Å². The molecule has 0 spiro atoms. The Morgan fingerprint density at radius 1 is 0.500 bits per heavy atom. The first-order chi connectivity index (χ1) is 31.0. The number of rotatable bonds is 45. The van der Waals surface area contributed by atoms with Crippen LogP contribution in [0.1, 0.15) is 194 Å². The molecule has 0 bridgehead atoms. The average Bonchev–Trinajstić information content (AvgIpc) is 3.25. The molecule has 10 heteroatoms. The van der Waals surface area contributed by atoms with Crippen LogP contribution in [-0.4, -0.2) is 74.9 Å². The highest BCUT2D eigenvalue weighted by molar-refractivity contribution is 7.47. The molecular formula is C54H95NO8P+. The number of nitrogens with zero attached hydrogens (tertiary/aromatic N) is 1. The van der Waals surface area contributed by atoms with Gasteiger partial charge in [-0.05, 0) is 64.2 Å². The number of ether oxygens (including phenoxy) is 2. The Hall–Kier alpha value is -2.81. The van der Waals surface area contributed by atoms with Crippen molar-refractivity contribution < 1.29 is 42.1 Å². The van der Waals surface area contributed by atoms with Crippen LogP contribution in [0.4, 0.5) is 0 Å². The van der Waals surface area contributed by atoms with Crippen LogP contribution < -0.4 is 0 Å².